The van der Waals surface area contributed by atoms with Gasteiger partial charge >= 0.3 is 0 Å². The smallest absolute Gasteiger partial charge is 0.246 e. The minimum absolute atomic E-state index is 0. The average molecular weight is 407 g/mol. The lowest BCUT2D eigenvalue weighted by Gasteiger charge is -2.32. The van der Waals surface area contributed by atoms with E-state index in [2.05, 4.69) is 20.5 Å². The van der Waals surface area contributed by atoms with E-state index in [-0.39, 0.29) is 35.0 Å². The van der Waals surface area contributed by atoms with Gasteiger partial charge in [0.1, 0.15) is 16.1 Å². The maximum atomic E-state index is 13.0. The summed E-state index contributed by atoms with van der Waals surface area (Å²) in [6.45, 7) is 4.87. The van der Waals surface area contributed by atoms with Gasteiger partial charge in [0, 0.05) is 6.04 Å². The Labute approximate surface area is 160 Å². The van der Waals surface area contributed by atoms with Gasteiger partial charge in [-0.3, -0.25) is 4.79 Å². The van der Waals surface area contributed by atoms with E-state index in [1.807, 2.05) is 0 Å². The third kappa shape index (κ3) is 4.21. The van der Waals surface area contributed by atoms with E-state index in [1.54, 1.807) is 13.8 Å². The molecule has 1 saturated heterocycles. The van der Waals surface area contributed by atoms with Crippen LogP contribution < -0.4 is 15.4 Å². The van der Waals surface area contributed by atoms with Crippen LogP contribution in [0.4, 0.5) is 0 Å². The van der Waals surface area contributed by atoms with Crippen LogP contribution in [0.15, 0.2) is 9.42 Å². The molecule has 10 heteroatoms. The van der Waals surface area contributed by atoms with Crippen LogP contribution in [0.25, 0.3) is 0 Å². The van der Waals surface area contributed by atoms with Crippen molar-refractivity contribution in [3.8, 4) is 0 Å². The molecule has 148 valence electrons. The zero-order chi connectivity index (χ0) is 18.1. The molecule has 1 aliphatic heterocycles. The van der Waals surface area contributed by atoms with Crippen molar-refractivity contribution in [3.63, 3.8) is 0 Å². The normalized spacial score (nSPS) is 20.5. The minimum atomic E-state index is -3.89. The molecule has 0 atom stereocenters. The van der Waals surface area contributed by atoms with Gasteiger partial charge in [-0.25, -0.2) is 8.42 Å². The fraction of sp³-hybridized carbons (Fsp3) is 0.750. The van der Waals surface area contributed by atoms with Gasteiger partial charge in [-0.2, -0.15) is 4.72 Å². The number of hydrogen-bond donors (Lipinski definition) is 3. The predicted molar refractivity (Wildman–Crippen MR) is 98.8 cm³/mol. The molecule has 0 radical (unpaired) electrons. The molecule has 3 N–H and O–H groups in total. The highest BCUT2D eigenvalue weighted by molar-refractivity contribution is 7.89. The van der Waals surface area contributed by atoms with E-state index in [1.165, 1.54) is 0 Å². The number of aryl methyl sites for hydroxylation is 2. The van der Waals surface area contributed by atoms with Crippen molar-refractivity contribution in [2.24, 2.45) is 0 Å². The van der Waals surface area contributed by atoms with Crippen molar-refractivity contribution >= 4 is 28.3 Å². The molecule has 2 fully saturated rings. The summed E-state index contributed by atoms with van der Waals surface area (Å²) < 4.78 is 33.5. The van der Waals surface area contributed by atoms with E-state index < -0.39 is 15.6 Å². The summed E-state index contributed by atoms with van der Waals surface area (Å²) in [5, 5.41) is 10.0. The Morgan fingerprint density at radius 2 is 1.85 bits per heavy atom. The number of amides is 1. The largest absolute Gasteiger partial charge is 0.360 e. The second-order valence-corrected chi connectivity index (χ2v) is 8.66. The van der Waals surface area contributed by atoms with Crippen LogP contribution in [0, 0.1) is 13.8 Å². The minimum Gasteiger partial charge on any atom is -0.360 e. The first-order valence-electron chi connectivity index (χ1n) is 8.83. The Morgan fingerprint density at radius 1 is 1.23 bits per heavy atom. The standard InChI is InChI=1S/C16H26N4O4S.ClH/c1-11-14(12(2)24-19-11)25(22,23)20-16(7-3-4-8-16)15(21)18-13-5-9-17-10-6-13;/h13,17,20H,3-10H2,1-2H3,(H,18,21);1H. The summed E-state index contributed by atoms with van der Waals surface area (Å²) in [5.41, 5.74) is -0.781. The summed E-state index contributed by atoms with van der Waals surface area (Å²) in [4.78, 5) is 13.0. The van der Waals surface area contributed by atoms with Gasteiger partial charge in [-0.1, -0.05) is 18.0 Å². The van der Waals surface area contributed by atoms with Crippen LogP contribution >= 0.6 is 12.4 Å². The average Bonchev–Trinajstić information content (AvgIpc) is 3.15. The summed E-state index contributed by atoms with van der Waals surface area (Å²) in [6, 6.07) is 0.0924. The number of carbonyl (C=O) groups excluding carboxylic acids is 1. The van der Waals surface area contributed by atoms with Gasteiger partial charge in [0.05, 0.1) is 0 Å². The predicted octanol–water partition coefficient (Wildman–Crippen LogP) is 1.17. The fourth-order valence-corrected chi connectivity index (χ4v) is 5.57. The van der Waals surface area contributed by atoms with Crippen LogP contribution in [0.1, 0.15) is 50.0 Å². The Morgan fingerprint density at radius 3 is 2.38 bits per heavy atom. The zero-order valence-corrected chi connectivity index (χ0v) is 16.8. The van der Waals surface area contributed by atoms with Gasteiger partial charge in [-0.05, 0) is 52.6 Å². The Balaban J connectivity index is 0.00000243. The third-order valence-corrected chi connectivity index (χ3v) is 6.91. The molecule has 1 amide bonds. The third-order valence-electron chi connectivity index (χ3n) is 5.13. The van der Waals surface area contributed by atoms with Crippen LogP contribution in [-0.4, -0.2) is 44.2 Å². The van der Waals surface area contributed by atoms with Crippen LogP contribution in [0.3, 0.4) is 0 Å². The number of halogens is 1. The molecule has 1 aromatic rings. The lowest BCUT2D eigenvalue weighted by molar-refractivity contribution is -0.127. The molecule has 1 aliphatic carbocycles. The lowest BCUT2D eigenvalue weighted by Crippen LogP contribution is -2.59. The molecule has 1 aromatic heterocycles. The van der Waals surface area contributed by atoms with Crippen molar-refractivity contribution < 1.29 is 17.7 Å². The van der Waals surface area contributed by atoms with Crippen molar-refractivity contribution in [1.29, 1.82) is 0 Å². The van der Waals surface area contributed by atoms with Crippen molar-refractivity contribution in [2.45, 2.75) is 68.8 Å². The Kier molecular flexibility index (Phi) is 6.70. The van der Waals surface area contributed by atoms with Gasteiger partial charge in [0.15, 0.2) is 5.76 Å². The van der Waals surface area contributed by atoms with Gasteiger partial charge in [0.2, 0.25) is 15.9 Å². The van der Waals surface area contributed by atoms with E-state index in [0.29, 0.717) is 18.5 Å². The van der Waals surface area contributed by atoms with E-state index in [4.69, 9.17) is 4.52 Å². The summed E-state index contributed by atoms with van der Waals surface area (Å²) in [5.74, 6) is 0.0177. The van der Waals surface area contributed by atoms with E-state index in [9.17, 15) is 13.2 Å². The number of sulfonamides is 1. The van der Waals surface area contributed by atoms with Crippen molar-refractivity contribution in [2.75, 3.05) is 13.1 Å². The monoisotopic (exact) mass is 406 g/mol. The fourth-order valence-electron chi connectivity index (χ4n) is 3.81. The summed E-state index contributed by atoms with van der Waals surface area (Å²) in [7, 11) is -3.89. The summed E-state index contributed by atoms with van der Waals surface area (Å²) in [6.07, 6.45) is 4.38. The quantitative estimate of drug-likeness (QED) is 0.676. The maximum absolute atomic E-state index is 13.0. The van der Waals surface area contributed by atoms with Crippen LogP contribution in [0.2, 0.25) is 0 Å². The summed E-state index contributed by atoms with van der Waals surface area (Å²) >= 11 is 0. The van der Waals surface area contributed by atoms with Crippen molar-refractivity contribution in [3.05, 3.63) is 11.5 Å². The molecule has 2 heterocycles. The molecule has 26 heavy (non-hydrogen) atoms. The number of rotatable bonds is 5. The molecule has 8 nitrogen and oxygen atoms in total. The molecule has 0 spiro atoms. The molecule has 0 bridgehead atoms. The van der Waals surface area contributed by atoms with Gasteiger partial charge in [-0.15, -0.1) is 12.4 Å². The molecular formula is C16H27ClN4O4S. The highest BCUT2D eigenvalue weighted by Crippen LogP contribution is 2.33. The SMILES string of the molecule is Cc1noc(C)c1S(=O)(=O)NC1(C(=O)NC2CCNCC2)CCCC1.Cl. The first-order chi connectivity index (χ1) is 11.8. The molecule has 3 rings (SSSR count). The van der Waals surface area contributed by atoms with Crippen molar-refractivity contribution in [1.82, 2.24) is 20.5 Å². The number of hydrogen-bond acceptors (Lipinski definition) is 6. The van der Waals surface area contributed by atoms with E-state index in [0.717, 1.165) is 38.8 Å². The number of nitrogens with zero attached hydrogens (tertiary/aromatic N) is 1. The molecule has 0 aromatic carbocycles. The Hall–Kier alpha value is -1.16. The van der Waals surface area contributed by atoms with Crippen LogP contribution in [0.5, 0.6) is 0 Å². The van der Waals surface area contributed by atoms with Gasteiger partial charge in [0.25, 0.3) is 0 Å². The molecule has 2 aliphatic rings. The molecular weight excluding hydrogens is 380 g/mol. The highest BCUT2D eigenvalue weighted by Gasteiger charge is 2.46. The van der Waals surface area contributed by atoms with Crippen LogP contribution in [-0.2, 0) is 14.8 Å². The second kappa shape index (κ2) is 8.24. The lowest BCUT2D eigenvalue weighted by atomic mass is 9.96. The number of carbonyl (C=O) groups is 1. The molecule has 1 saturated carbocycles. The van der Waals surface area contributed by atoms with Gasteiger partial charge < -0.3 is 15.2 Å². The number of aromatic nitrogens is 1. The topological polar surface area (TPSA) is 113 Å². The highest BCUT2D eigenvalue weighted by atomic mass is 35.5. The van der Waals surface area contributed by atoms with E-state index >= 15 is 0 Å². The first-order valence-corrected chi connectivity index (χ1v) is 10.3. The first kappa shape index (κ1) is 21.1. The second-order valence-electron chi connectivity index (χ2n) is 7.05. The Bertz CT molecular complexity index is 718. The number of piperidine rings is 1. The number of nitrogens with one attached hydrogen (secondary N) is 3. The maximum Gasteiger partial charge on any atom is 0.246 e. The molecule has 0 unspecified atom stereocenters. The zero-order valence-electron chi connectivity index (χ0n) is 15.1.